The number of hydrogen-bond acceptors (Lipinski definition) is 5. The van der Waals surface area contributed by atoms with Gasteiger partial charge in [0.2, 0.25) is 0 Å². The molecule has 1 atom stereocenters. The number of imide groups is 1. The summed E-state index contributed by atoms with van der Waals surface area (Å²) in [5.41, 5.74) is 1.41. The van der Waals surface area contributed by atoms with Gasteiger partial charge in [-0.1, -0.05) is 74.4 Å². The topological polar surface area (TPSA) is 92.8 Å². The number of esters is 1. The van der Waals surface area contributed by atoms with Crippen LogP contribution in [0.2, 0.25) is 0 Å². The summed E-state index contributed by atoms with van der Waals surface area (Å²) in [6, 6.07) is 16.1. The Morgan fingerprint density at radius 3 is 2.29 bits per heavy atom. The van der Waals surface area contributed by atoms with E-state index < -0.39 is 36.6 Å². The Bertz CT molecular complexity index is 971. The van der Waals surface area contributed by atoms with Gasteiger partial charge < -0.3 is 10.1 Å². The van der Waals surface area contributed by atoms with Crippen LogP contribution in [0.3, 0.4) is 0 Å². The third kappa shape index (κ3) is 5.17. The van der Waals surface area contributed by atoms with Crippen LogP contribution in [0.5, 0.6) is 0 Å². The number of hydrogen-bond donors (Lipinski definition) is 1. The highest BCUT2D eigenvalue weighted by Gasteiger charge is 2.47. The zero-order chi connectivity index (χ0) is 22.4. The molecule has 3 rings (SSSR count). The molecule has 7 nitrogen and oxygen atoms in total. The molecule has 0 saturated carbocycles. The molecule has 1 heterocycles. The third-order valence-electron chi connectivity index (χ3n) is 5.34. The van der Waals surface area contributed by atoms with Gasteiger partial charge in [0.25, 0.3) is 5.91 Å². The first-order valence-corrected chi connectivity index (χ1v) is 10.3. The molecular formula is C24H26N2O5. The first kappa shape index (κ1) is 22.2. The lowest BCUT2D eigenvalue weighted by atomic mass is 9.95. The molecule has 1 fully saturated rings. The summed E-state index contributed by atoms with van der Waals surface area (Å²) in [6.45, 7) is 2.66. The molecule has 0 aromatic heterocycles. The number of benzene rings is 2. The Labute approximate surface area is 181 Å². The molecule has 1 saturated heterocycles. The van der Waals surface area contributed by atoms with Gasteiger partial charge in [-0.05, 0) is 24.5 Å². The molecule has 0 aliphatic carbocycles. The molecule has 0 unspecified atom stereocenters. The van der Waals surface area contributed by atoms with E-state index in [4.69, 9.17) is 4.74 Å². The summed E-state index contributed by atoms with van der Waals surface area (Å²) in [6.07, 6.45) is 2.16. The fourth-order valence-corrected chi connectivity index (χ4v) is 3.47. The molecule has 0 bridgehead atoms. The number of nitrogens with one attached hydrogen (secondary N) is 1. The standard InChI is InChI=1S/C24H26N2O5/c1-3-4-14-24(2)22(29)26(23(30)25-24)15-21(28)31-16-20(27)19-12-10-18(11-13-19)17-8-6-5-7-9-17/h5-13H,3-4,14-16H2,1-2H3,(H,25,30)/t24-/m1/s1. The minimum Gasteiger partial charge on any atom is -0.456 e. The van der Waals surface area contributed by atoms with Crippen molar-refractivity contribution in [1.82, 2.24) is 10.2 Å². The van der Waals surface area contributed by atoms with E-state index >= 15 is 0 Å². The van der Waals surface area contributed by atoms with E-state index in [9.17, 15) is 19.2 Å². The van der Waals surface area contributed by atoms with Crippen LogP contribution in [0.1, 0.15) is 43.5 Å². The summed E-state index contributed by atoms with van der Waals surface area (Å²) >= 11 is 0. The number of nitrogens with zero attached hydrogens (tertiary/aromatic N) is 1. The van der Waals surface area contributed by atoms with Crippen molar-refractivity contribution < 1.29 is 23.9 Å². The van der Waals surface area contributed by atoms with E-state index in [-0.39, 0.29) is 5.78 Å². The van der Waals surface area contributed by atoms with E-state index in [1.165, 1.54) is 0 Å². The average Bonchev–Trinajstić information content (AvgIpc) is 3.00. The van der Waals surface area contributed by atoms with Gasteiger partial charge in [-0.15, -0.1) is 0 Å². The van der Waals surface area contributed by atoms with Gasteiger partial charge in [-0.25, -0.2) is 4.79 Å². The van der Waals surface area contributed by atoms with E-state index in [1.807, 2.05) is 49.4 Å². The Kier molecular flexibility index (Phi) is 6.84. The SMILES string of the molecule is CCCC[C@@]1(C)NC(=O)N(CC(=O)OCC(=O)c2ccc(-c3ccccc3)cc2)C1=O. The predicted molar refractivity (Wildman–Crippen MR) is 115 cm³/mol. The van der Waals surface area contributed by atoms with Crippen LogP contribution < -0.4 is 5.32 Å². The summed E-state index contributed by atoms with van der Waals surface area (Å²) in [7, 11) is 0. The largest absolute Gasteiger partial charge is 0.456 e. The van der Waals surface area contributed by atoms with Gasteiger partial charge in [-0.2, -0.15) is 0 Å². The van der Waals surface area contributed by atoms with Gasteiger partial charge in [0.1, 0.15) is 12.1 Å². The first-order valence-electron chi connectivity index (χ1n) is 10.3. The number of amides is 3. The zero-order valence-electron chi connectivity index (χ0n) is 17.7. The lowest BCUT2D eigenvalue weighted by molar-refractivity contribution is -0.146. The maximum Gasteiger partial charge on any atom is 0.326 e. The van der Waals surface area contributed by atoms with Gasteiger partial charge in [0.05, 0.1) is 0 Å². The van der Waals surface area contributed by atoms with Gasteiger partial charge in [0.15, 0.2) is 12.4 Å². The summed E-state index contributed by atoms with van der Waals surface area (Å²) in [4.78, 5) is 50.0. The molecule has 2 aromatic rings. The van der Waals surface area contributed by atoms with Gasteiger partial charge >= 0.3 is 12.0 Å². The fourth-order valence-electron chi connectivity index (χ4n) is 3.47. The number of rotatable bonds is 9. The number of Topliss-reactive ketones (excluding diaryl/α,β-unsaturated/α-hetero) is 1. The minimum atomic E-state index is -1.01. The van der Waals surface area contributed by atoms with Crippen LogP contribution in [0.4, 0.5) is 4.79 Å². The second kappa shape index (κ2) is 9.55. The quantitative estimate of drug-likeness (QED) is 0.379. The molecular weight excluding hydrogens is 396 g/mol. The highest BCUT2D eigenvalue weighted by Crippen LogP contribution is 2.23. The van der Waals surface area contributed by atoms with Crippen LogP contribution in [0.25, 0.3) is 11.1 Å². The van der Waals surface area contributed by atoms with Crippen molar-refractivity contribution in [2.75, 3.05) is 13.2 Å². The first-order chi connectivity index (χ1) is 14.8. The lowest BCUT2D eigenvalue weighted by Crippen LogP contribution is -2.44. The van der Waals surface area contributed by atoms with Gasteiger partial charge in [-0.3, -0.25) is 19.3 Å². The van der Waals surface area contributed by atoms with Crippen LogP contribution in [0, 0.1) is 0 Å². The molecule has 1 aliphatic heterocycles. The highest BCUT2D eigenvalue weighted by atomic mass is 16.5. The van der Waals surface area contributed by atoms with Crippen molar-refractivity contribution in [3.8, 4) is 11.1 Å². The Balaban J connectivity index is 1.53. The summed E-state index contributed by atoms with van der Waals surface area (Å²) in [5.74, 6) is -1.62. The van der Waals surface area contributed by atoms with Crippen LogP contribution in [0.15, 0.2) is 54.6 Å². The van der Waals surface area contributed by atoms with E-state index in [0.717, 1.165) is 28.9 Å². The Morgan fingerprint density at radius 1 is 1.00 bits per heavy atom. The zero-order valence-corrected chi connectivity index (χ0v) is 17.7. The minimum absolute atomic E-state index is 0.363. The van der Waals surface area contributed by atoms with Crippen molar-refractivity contribution in [3.63, 3.8) is 0 Å². The number of unbranched alkanes of at least 4 members (excludes halogenated alkanes) is 1. The highest BCUT2D eigenvalue weighted by molar-refractivity contribution is 6.08. The van der Waals surface area contributed by atoms with Crippen molar-refractivity contribution in [2.45, 2.75) is 38.6 Å². The van der Waals surface area contributed by atoms with Crippen molar-refractivity contribution in [2.24, 2.45) is 0 Å². The molecule has 1 N–H and O–H groups in total. The number of ketones is 1. The average molecular weight is 422 g/mol. The molecule has 1 aliphatic rings. The van der Waals surface area contributed by atoms with Crippen molar-refractivity contribution in [1.29, 1.82) is 0 Å². The van der Waals surface area contributed by atoms with Crippen molar-refractivity contribution >= 4 is 23.7 Å². The molecule has 162 valence electrons. The molecule has 31 heavy (non-hydrogen) atoms. The van der Waals surface area contributed by atoms with Crippen LogP contribution in [-0.4, -0.2) is 47.3 Å². The van der Waals surface area contributed by atoms with E-state index in [0.29, 0.717) is 12.0 Å². The maximum atomic E-state index is 12.6. The maximum absolute atomic E-state index is 12.6. The molecule has 0 spiro atoms. The number of urea groups is 1. The molecule has 2 aromatic carbocycles. The Morgan fingerprint density at radius 2 is 1.65 bits per heavy atom. The fraction of sp³-hybridized carbons (Fsp3) is 0.333. The normalized spacial score (nSPS) is 18.1. The smallest absolute Gasteiger partial charge is 0.326 e. The van der Waals surface area contributed by atoms with E-state index in [2.05, 4.69) is 5.32 Å². The Hall–Kier alpha value is -3.48. The number of carbonyl (C=O) groups is 4. The van der Waals surface area contributed by atoms with Gasteiger partial charge in [0, 0.05) is 5.56 Å². The summed E-state index contributed by atoms with van der Waals surface area (Å²) < 4.78 is 5.02. The third-order valence-corrected chi connectivity index (χ3v) is 5.34. The molecule has 3 amide bonds. The molecule has 0 radical (unpaired) electrons. The lowest BCUT2D eigenvalue weighted by Gasteiger charge is -2.21. The second-order valence-corrected chi connectivity index (χ2v) is 7.78. The van der Waals surface area contributed by atoms with Crippen molar-refractivity contribution in [3.05, 3.63) is 60.2 Å². The van der Waals surface area contributed by atoms with Crippen LogP contribution >= 0.6 is 0 Å². The monoisotopic (exact) mass is 422 g/mol. The second-order valence-electron chi connectivity index (χ2n) is 7.78. The summed E-state index contributed by atoms with van der Waals surface area (Å²) in [5, 5.41) is 2.64. The predicted octanol–water partition coefficient (Wildman–Crippen LogP) is 3.58. The number of carbonyl (C=O) groups excluding carboxylic acids is 4. The number of ether oxygens (including phenoxy) is 1. The molecule has 7 heteroatoms. The van der Waals surface area contributed by atoms with Crippen LogP contribution in [-0.2, 0) is 14.3 Å². The van der Waals surface area contributed by atoms with E-state index in [1.54, 1.807) is 19.1 Å².